The summed E-state index contributed by atoms with van der Waals surface area (Å²) in [6.07, 6.45) is 1.41. The first-order valence-electron chi connectivity index (χ1n) is 5.65. The van der Waals surface area contributed by atoms with Gasteiger partial charge in [0, 0.05) is 18.1 Å². The number of hydrogen-bond acceptors (Lipinski definition) is 3. The van der Waals surface area contributed by atoms with Crippen molar-refractivity contribution in [1.82, 2.24) is 10.3 Å². The molecule has 0 bridgehead atoms. The second-order valence-electron chi connectivity index (χ2n) is 4.01. The van der Waals surface area contributed by atoms with Gasteiger partial charge in [0.05, 0.1) is 12.1 Å². The lowest BCUT2D eigenvalue weighted by Crippen LogP contribution is -2.30. The minimum Gasteiger partial charge on any atom is -0.395 e. The van der Waals surface area contributed by atoms with Crippen LogP contribution in [0.5, 0.6) is 0 Å². The van der Waals surface area contributed by atoms with Crippen molar-refractivity contribution in [1.29, 1.82) is 0 Å². The Hall–Kier alpha value is -2.14. The number of pyridine rings is 1. The van der Waals surface area contributed by atoms with Crippen LogP contribution in [-0.4, -0.2) is 29.1 Å². The third-order valence-electron chi connectivity index (χ3n) is 2.76. The maximum Gasteiger partial charge on any atom is 0.256 e. The molecule has 2 aromatic rings. The van der Waals surface area contributed by atoms with Gasteiger partial charge in [-0.05, 0) is 18.6 Å². The molecule has 0 saturated heterocycles. The molecule has 0 saturated carbocycles. The Morgan fingerprint density at radius 2 is 2.22 bits per heavy atom. The summed E-state index contributed by atoms with van der Waals surface area (Å²) < 4.78 is 0. The van der Waals surface area contributed by atoms with Crippen LogP contribution >= 0.6 is 0 Å². The van der Waals surface area contributed by atoms with Gasteiger partial charge in [-0.15, -0.1) is 0 Å². The molecule has 94 valence electrons. The number of rotatable bonds is 3. The number of aromatic nitrogens is 1. The standard InChI is InChI=1S/C13H14N2O3/c1-8-3-2-4-9-11(8)15-7-10(12(9)17)13(18)14-5-6-16/h2-4,7,16H,5-6H2,1H3,(H,14,18)(H,15,17). The Bertz CT molecular complexity index is 646. The summed E-state index contributed by atoms with van der Waals surface area (Å²) in [4.78, 5) is 26.8. The molecule has 0 aliphatic rings. The van der Waals surface area contributed by atoms with Gasteiger partial charge in [-0.2, -0.15) is 0 Å². The van der Waals surface area contributed by atoms with E-state index >= 15 is 0 Å². The molecule has 0 fully saturated rings. The van der Waals surface area contributed by atoms with Crippen molar-refractivity contribution in [2.45, 2.75) is 6.92 Å². The molecule has 5 nitrogen and oxygen atoms in total. The highest BCUT2D eigenvalue weighted by Gasteiger charge is 2.12. The molecule has 5 heteroatoms. The van der Waals surface area contributed by atoms with Gasteiger partial charge in [0.15, 0.2) is 0 Å². The van der Waals surface area contributed by atoms with Crippen LogP contribution in [0, 0.1) is 6.92 Å². The lowest BCUT2D eigenvalue weighted by Gasteiger charge is -2.05. The quantitative estimate of drug-likeness (QED) is 0.740. The van der Waals surface area contributed by atoms with E-state index in [1.165, 1.54) is 6.20 Å². The van der Waals surface area contributed by atoms with Gasteiger partial charge in [-0.1, -0.05) is 12.1 Å². The number of aliphatic hydroxyl groups excluding tert-OH is 1. The minimum atomic E-state index is -0.478. The summed E-state index contributed by atoms with van der Waals surface area (Å²) >= 11 is 0. The number of fused-ring (bicyclic) bond motifs is 1. The molecule has 18 heavy (non-hydrogen) atoms. The summed E-state index contributed by atoms with van der Waals surface area (Å²) in [6.45, 7) is 1.87. The SMILES string of the molecule is Cc1cccc2c(=O)c(C(=O)NCCO)c[nH]c12. The van der Waals surface area contributed by atoms with Crippen LogP contribution in [0.15, 0.2) is 29.2 Å². The summed E-state index contributed by atoms with van der Waals surface area (Å²) in [5.41, 5.74) is 1.44. The van der Waals surface area contributed by atoms with Crippen molar-refractivity contribution in [3.63, 3.8) is 0 Å². The first-order valence-corrected chi connectivity index (χ1v) is 5.65. The molecule has 0 unspecified atom stereocenters. The number of aliphatic hydroxyl groups is 1. The molecular weight excluding hydrogens is 232 g/mol. The predicted molar refractivity (Wildman–Crippen MR) is 68.7 cm³/mol. The predicted octanol–water partition coefficient (Wildman–Crippen LogP) is 0.559. The van der Waals surface area contributed by atoms with Gasteiger partial charge in [0.2, 0.25) is 5.43 Å². The third-order valence-corrected chi connectivity index (χ3v) is 2.76. The van der Waals surface area contributed by atoms with Crippen LogP contribution in [0.3, 0.4) is 0 Å². The normalized spacial score (nSPS) is 10.6. The van der Waals surface area contributed by atoms with Gasteiger partial charge >= 0.3 is 0 Å². The molecule has 3 N–H and O–H groups in total. The average Bonchev–Trinajstić information content (AvgIpc) is 2.37. The van der Waals surface area contributed by atoms with E-state index in [0.717, 1.165) is 11.1 Å². The highest BCUT2D eigenvalue weighted by atomic mass is 16.3. The minimum absolute atomic E-state index is 0.0570. The van der Waals surface area contributed by atoms with Crippen molar-refractivity contribution >= 4 is 16.8 Å². The molecule has 0 spiro atoms. The molecule has 1 aromatic heterocycles. The summed E-state index contributed by atoms with van der Waals surface area (Å²) in [6, 6.07) is 5.36. The summed E-state index contributed by atoms with van der Waals surface area (Å²) in [7, 11) is 0. The molecular formula is C13H14N2O3. The van der Waals surface area contributed by atoms with Crippen molar-refractivity contribution in [3.05, 3.63) is 45.7 Å². The number of hydrogen-bond donors (Lipinski definition) is 3. The van der Waals surface area contributed by atoms with E-state index in [-0.39, 0.29) is 24.1 Å². The fourth-order valence-corrected chi connectivity index (χ4v) is 1.84. The number of para-hydroxylation sites is 1. The number of amides is 1. The van der Waals surface area contributed by atoms with E-state index in [2.05, 4.69) is 10.3 Å². The number of aromatic amines is 1. The fourth-order valence-electron chi connectivity index (χ4n) is 1.84. The number of benzene rings is 1. The van der Waals surface area contributed by atoms with Gasteiger partial charge in [0.1, 0.15) is 5.56 Å². The summed E-state index contributed by atoms with van der Waals surface area (Å²) in [5.74, 6) is -0.478. The Kier molecular flexibility index (Phi) is 3.43. The second kappa shape index (κ2) is 5.01. The molecule has 1 amide bonds. The monoisotopic (exact) mass is 246 g/mol. The zero-order valence-corrected chi connectivity index (χ0v) is 9.99. The lowest BCUT2D eigenvalue weighted by molar-refractivity contribution is 0.0943. The molecule has 0 radical (unpaired) electrons. The van der Waals surface area contributed by atoms with Crippen LogP contribution in [0.25, 0.3) is 10.9 Å². The van der Waals surface area contributed by atoms with E-state index < -0.39 is 5.91 Å². The van der Waals surface area contributed by atoms with Crippen molar-refractivity contribution < 1.29 is 9.90 Å². The van der Waals surface area contributed by atoms with Crippen LogP contribution in [-0.2, 0) is 0 Å². The van der Waals surface area contributed by atoms with Crippen LogP contribution in [0.4, 0.5) is 0 Å². The average molecular weight is 246 g/mol. The third kappa shape index (κ3) is 2.12. The van der Waals surface area contributed by atoms with Crippen LogP contribution in [0.2, 0.25) is 0 Å². The van der Waals surface area contributed by atoms with Crippen molar-refractivity contribution in [2.75, 3.05) is 13.2 Å². The van der Waals surface area contributed by atoms with Gasteiger partial charge in [0.25, 0.3) is 5.91 Å². The van der Waals surface area contributed by atoms with E-state index in [0.29, 0.717) is 5.39 Å². The molecule has 0 aliphatic heterocycles. The topological polar surface area (TPSA) is 82.2 Å². The number of H-pyrrole nitrogens is 1. The van der Waals surface area contributed by atoms with Gasteiger partial charge in [-0.25, -0.2) is 0 Å². The van der Waals surface area contributed by atoms with Gasteiger partial charge in [-0.3, -0.25) is 9.59 Å². The number of carbonyl (C=O) groups is 1. The maximum atomic E-state index is 12.1. The van der Waals surface area contributed by atoms with E-state index in [9.17, 15) is 9.59 Å². The Balaban J connectivity index is 2.52. The first kappa shape index (κ1) is 12.3. The number of aryl methyl sites for hydroxylation is 1. The summed E-state index contributed by atoms with van der Waals surface area (Å²) in [5, 5.41) is 11.6. The van der Waals surface area contributed by atoms with E-state index in [1.54, 1.807) is 12.1 Å². The van der Waals surface area contributed by atoms with E-state index in [4.69, 9.17) is 5.11 Å². The molecule has 1 heterocycles. The Morgan fingerprint density at radius 3 is 2.94 bits per heavy atom. The first-order chi connectivity index (χ1) is 8.65. The lowest BCUT2D eigenvalue weighted by atomic mass is 10.1. The van der Waals surface area contributed by atoms with Crippen LogP contribution < -0.4 is 10.7 Å². The zero-order valence-electron chi connectivity index (χ0n) is 9.99. The molecule has 0 aliphatic carbocycles. The molecule has 1 aromatic carbocycles. The highest BCUT2D eigenvalue weighted by Crippen LogP contribution is 2.12. The fraction of sp³-hybridized carbons (Fsp3) is 0.231. The number of carbonyl (C=O) groups excluding carboxylic acids is 1. The smallest absolute Gasteiger partial charge is 0.256 e. The number of nitrogens with one attached hydrogen (secondary N) is 2. The Morgan fingerprint density at radius 1 is 1.44 bits per heavy atom. The highest BCUT2D eigenvalue weighted by molar-refractivity contribution is 5.97. The van der Waals surface area contributed by atoms with Crippen molar-refractivity contribution in [2.24, 2.45) is 0 Å². The largest absolute Gasteiger partial charge is 0.395 e. The molecule has 2 rings (SSSR count). The molecule has 0 atom stereocenters. The van der Waals surface area contributed by atoms with Crippen molar-refractivity contribution in [3.8, 4) is 0 Å². The maximum absolute atomic E-state index is 12.1. The van der Waals surface area contributed by atoms with E-state index in [1.807, 2.05) is 13.0 Å². The second-order valence-corrected chi connectivity index (χ2v) is 4.01. The van der Waals surface area contributed by atoms with Gasteiger partial charge < -0.3 is 15.4 Å². The zero-order chi connectivity index (χ0) is 13.1. The van der Waals surface area contributed by atoms with Crippen LogP contribution in [0.1, 0.15) is 15.9 Å². The Labute approximate surface area is 103 Å².